The highest BCUT2D eigenvalue weighted by Gasteiger charge is 2.07. The van der Waals surface area contributed by atoms with Crippen molar-refractivity contribution in [3.8, 4) is 11.5 Å². The van der Waals surface area contributed by atoms with Gasteiger partial charge in [-0.3, -0.25) is 0 Å². The summed E-state index contributed by atoms with van der Waals surface area (Å²) in [6, 6.07) is 12.3. The SMILES string of the molecule is NC(=S)c1ccc(Oc2ccccc2Cl)cc1Cl. The Bertz CT molecular complexity index is 601. The summed E-state index contributed by atoms with van der Waals surface area (Å²) in [7, 11) is 0. The third kappa shape index (κ3) is 2.93. The van der Waals surface area contributed by atoms with Gasteiger partial charge in [0.2, 0.25) is 0 Å². The summed E-state index contributed by atoms with van der Waals surface area (Å²) < 4.78 is 5.62. The van der Waals surface area contributed by atoms with Crippen molar-refractivity contribution >= 4 is 40.4 Å². The van der Waals surface area contributed by atoms with Crippen molar-refractivity contribution in [1.29, 1.82) is 0 Å². The Balaban J connectivity index is 2.29. The van der Waals surface area contributed by atoms with Gasteiger partial charge in [0.25, 0.3) is 0 Å². The van der Waals surface area contributed by atoms with Crippen LogP contribution in [0.3, 0.4) is 0 Å². The molecule has 0 saturated heterocycles. The van der Waals surface area contributed by atoms with Gasteiger partial charge >= 0.3 is 0 Å². The molecule has 0 aliphatic rings. The van der Waals surface area contributed by atoms with Gasteiger partial charge in [0.1, 0.15) is 16.5 Å². The number of hydrogen-bond donors (Lipinski definition) is 1. The van der Waals surface area contributed by atoms with Crippen LogP contribution in [0.25, 0.3) is 0 Å². The van der Waals surface area contributed by atoms with Crippen molar-refractivity contribution in [2.45, 2.75) is 0 Å². The molecular formula is C13H9Cl2NOS. The number of halogens is 2. The van der Waals surface area contributed by atoms with Crippen molar-refractivity contribution < 1.29 is 4.74 Å². The highest BCUT2D eigenvalue weighted by Crippen LogP contribution is 2.31. The molecule has 2 rings (SSSR count). The first-order valence-electron chi connectivity index (χ1n) is 5.09. The van der Waals surface area contributed by atoms with Crippen LogP contribution in [0.15, 0.2) is 42.5 Å². The van der Waals surface area contributed by atoms with Gasteiger partial charge in [0.05, 0.1) is 10.0 Å². The molecule has 2 nitrogen and oxygen atoms in total. The van der Waals surface area contributed by atoms with Crippen molar-refractivity contribution in [3.63, 3.8) is 0 Å². The van der Waals surface area contributed by atoms with E-state index in [-0.39, 0.29) is 4.99 Å². The van der Waals surface area contributed by atoms with Crippen LogP contribution in [0, 0.1) is 0 Å². The minimum Gasteiger partial charge on any atom is -0.456 e. The smallest absolute Gasteiger partial charge is 0.146 e. The van der Waals surface area contributed by atoms with E-state index in [9.17, 15) is 0 Å². The van der Waals surface area contributed by atoms with Crippen molar-refractivity contribution in [3.05, 3.63) is 58.1 Å². The van der Waals surface area contributed by atoms with E-state index in [1.54, 1.807) is 30.3 Å². The lowest BCUT2D eigenvalue weighted by atomic mass is 10.2. The largest absolute Gasteiger partial charge is 0.456 e. The summed E-state index contributed by atoms with van der Waals surface area (Å²) in [6.07, 6.45) is 0. The molecule has 0 atom stereocenters. The van der Waals surface area contributed by atoms with E-state index in [1.807, 2.05) is 12.1 Å². The molecule has 0 bridgehead atoms. The van der Waals surface area contributed by atoms with Gasteiger partial charge in [0.15, 0.2) is 0 Å². The standard InChI is InChI=1S/C13H9Cl2NOS/c14-10-3-1-2-4-12(10)17-8-5-6-9(13(16)18)11(15)7-8/h1-7H,(H2,16,18). The first kappa shape index (κ1) is 13.1. The third-order valence-corrected chi connectivity index (χ3v) is 3.12. The van der Waals surface area contributed by atoms with Crippen LogP contribution in [0.4, 0.5) is 0 Å². The van der Waals surface area contributed by atoms with E-state index in [0.717, 1.165) is 0 Å². The summed E-state index contributed by atoms with van der Waals surface area (Å²) in [6.45, 7) is 0. The number of thiocarbonyl (C=S) groups is 1. The molecule has 0 fully saturated rings. The van der Waals surface area contributed by atoms with Gasteiger partial charge in [-0.2, -0.15) is 0 Å². The summed E-state index contributed by atoms with van der Waals surface area (Å²) >= 11 is 16.9. The monoisotopic (exact) mass is 297 g/mol. The first-order chi connectivity index (χ1) is 8.58. The zero-order valence-corrected chi connectivity index (χ0v) is 11.5. The van der Waals surface area contributed by atoms with Gasteiger partial charge in [-0.05, 0) is 24.3 Å². The van der Waals surface area contributed by atoms with Crippen molar-refractivity contribution in [1.82, 2.24) is 0 Å². The number of para-hydroxylation sites is 1. The molecule has 18 heavy (non-hydrogen) atoms. The van der Waals surface area contributed by atoms with E-state index in [4.69, 9.17) is 45.9 Å². The van der Waals surface area contributed by atoms with E-state index >= 15 is 0 Å². The minimum atomic E-state index is 0.254. The lowest BCUT2D eigenvalue weighted by molar-refractivity contribution is 0.483. The number of ether oxygens (including phenoxy) is 1. The van der Waals surface area contributed by atoms with Crippen LogP contribution in [-0.4, -0.2) is 4.99 Å². The molecule has 0 aromatic heterocycles. The number of rotatable bonds is 3. The second-order valence-electron chi connectivity index (χ2n) is 3.54. The Morgan fingerprint density at radius 3 is 2.39 bits per heavy atom. The average molecular weight is 298 g/mol. The Morgan fingerprint density at radius 1 is 1.06 bits per heavy atom. The first-order valence-corrected chi connectivity index (χ1v) is 6.26. The number of nitrogens with two attached hydrogens (primary N) is 1. The zero-order valence-electron chi connectivity index (χ0n) is 9.19. The molecule has 0 spiro atoms. The maximum atomic E-state index is 6.05. The zero-order chi connectivity index (χ0) is 13.1. The molecule has 2 aromatic rings. The van der Waals surface area contributed by atoms with Crippen LogP contribution in [-0.2, 0) is 0 Å². The van der Waals surface area contributed by atoms with Crippen molar-refractivity contribution in [2.75, 3.05) is 0 Å². The molecular weight excluding hydrogens is 289 g/mol. The fraction of sp³-hybridized carbons (Fsp3) is 0. The maximum Gasteiger partial charge on any atom is 0.146 e. The molecule has 5 heteroatoms. The van der Waals surface area contributed by atoms with Gasteiger partial charge in [-0.1, -0.05) is 47.6 Å². The fourth-order valence-electron chi connectivity index (χ4n) is 1.41. The van der Waals surface area contributed by atoms with Gasteiger partial charge in [-0.15, -0.1) is 0 Å². The van der Waals surface area contributed by atoms with Crippen molar-refractivity contribution in [2.24, 2.45) is 5.73 Å². The molecule has 0 radical (unpaired) electrons. The lowest BCUT2D eigenvalue weighted by Crippen LogP contribution is -2.09. The molecule has 0 saturated carbocycles. The second kappa shape index (κ2) is 5.57. The summed E-state index contributed by atoms with van der Waals surface area (Å²) in [5.41, 5.74) is 6.15. The van der Waals surface area contributed by atoms with Crippen LogP contribution in [0.2, 0.25) is 10.0 Å². The Labute approximate surface area is 120 Å². The Kier molecular flexibility index (Phi) is 4.07. The van der Waals surface area contributed by atoms with E-state index in [2.05, 4.69) is 0 Å². The third-order valence-electron chi connectivity index (χ3n) is 2.27. The van der Waals surface area contributed by atoms with Crippen LogP contribution >= 0.6 is 35.4 Å². The molecule has 92 valence electrons. The highest BCUT2D eigenvalue weighted by atomic mass is 35.5. The summed E-state index contributed by atoms with van der Waals surface area (Å²) in [4.78, 5) is 0.254. The molecule has 0 aliphatic carbocycles. The topological polar surface area (TPSA) is 35.2 Å². The average Bonchev–Trinajstić information content (AvgIpc) is 2.32. The lowest BCUT2D eigenvalue weighted by Gasteiger charge is -2.09. The quantitative estimate of drug-likeness (QED) is 0.852. The fourth-order valence-corrected chi connectivity index (χ4v) is 2.09. The predicted octanol–water partition coefficient (Wildman–Crippen LogP) is 4.42. The minimum absolute atomic E-state index is 0.254. The number of hydrogen-bond acceptors (Lipinski definition) is 2. The van der Waals surface area contributed by atoms with Crippen LogP contribution < -0.4 is 10.5 Å². The molecule has 0 amide bonds. The van der Waals surface area contributed by atoms with Crippen LogP contribution in [0.1, 0.15) is 5.56 Å². The van der Waals surface area contributed by atoms with Crippen LogP contribution in [0.5, 0.6) is 11.5 Å². The second-order valence-corrected chi connectivity index (χ2v) is 4.79. The molecule has 0 aliphatic heterocycles. The molecule has 0 unspecified atom stereocenters. The molecule has 2 aromatic carbocycles. The van der Waals surface area contributed by atoms with E-state index < -0.39 is 0 Å². The van der Waals surface area contributed by atoms with E-state index in [0.29, 0.717) is 27.1 Å². The predicted molar refractivity (Wildman–Crippen MR) is 78.9 cm³/mol. The Morgan fingerprint density at radius 2 is 1.78 bits per heavy atom. The normalized spacial score (nSPS) is 10.1. The highest BCUT2D eigenvalue weighted by molar-refractivity contribution is 7.80. The van der Waals surface area contributed by atoms with Gasteiger partial charge in [0, 0.05) is 11.6 Å². The summed E-state index contributed by atoms with van der Waals surface area (Å²) in [5.74, 6) is 1.14. The Hall–Kier alpha value is -1.29. The number of benzene rings is 2. The van der Waals surface area contributed by atoms with Gasteiger partial charge < -0.3 is 10.5 Å². The molecule has 0 heterocycles. The maximum absolute atomic E-state index is 6.05. The summed E-state index contributed by atoms with van der Waals surface area (Å²) in [5, 5.41) is 0.985. The molecule has 2 N–H and O–H groups in total. The van der Waals surface area contributed by atoms with E-state index in [1.165, 1.54) is 0 Å². The van der Waals surface area contributed by atoms with Gasteiger partial charge in [-0.25, -0.2) is 0 Å².